The normalized spacial score (nSPS) is 27.3. The van der Waals surface area contributed by atoms with Gasteiger partial charge in [0.05, 0.1) is 5.54 Å². The van der Waals surface area contributed by atoms with Crippen LogP contribution in [0.4, 0.5) is 4.39 Å². The predicted molar refractivity (Wildman–Crippen MR) is 70.9 cm³/mol. The second-order valence-corrected chi connectivity index (χ2v) is 6.01. The van der Waals surface area contributed by atoms with Gasteiger partial charge in [-0.1, -0.05) is 0 Å². The van der Waals surface area contributed by atoms with E-state index in [0.717, 1.165) is 24.2 Å². The third kappa shape index (κ3) is 2.67. The number of benzene rings is 1. The summed E-state index contributed by atoms with van der Waals surface area (Å²) in [5, 5.41) is 3.40. The van der Waals surface area contributed by atoms with Crippen molar-refractivity contribution in [2.24, 2.45) is 5.73 Å². The lowest BCUT2D eigenvalue weighted by atomic mass is 9.97. The lowest BCUT2D eigenvalue weighted by Gasteiger charge is -2.24. The molecule has 0 aliphatic heterocycles. The van der Waals surface area contributed by atoms with E-state index in [0.29, 0.717) is 5.25 Å². The van der Waals surface area contributed by atoms with Gasteiger partial charge in [0.1, 0.15) is 5.82 Å². The van der Waals surface area contributed by atoms with Crippen molar-refractivity contribution in [1.82, 2.24) is 5.32 Å². The Morgan fingerprint density at radius 3 is 2.67 bits per heavy atom. The molecule has 1 saturated carbocycles. The molecule has 2 atom stereocenters. The van der Waals surface area contributed by atoms with Crippen LogP contribution in [0.15, 0.2) is 29.2 Å². The molecule has 1 fully saturated rings. The number of hydrogen-bond acceptors (Lipinski definition) is 3. The van der Waals surface area contributed by atoms with Crippen molar-refractivity contribution in [2.45, 2.75) is 34.9 Å². The first-order chi connectivity index (χ1) is 8.55. The van der Waals surface area contributed by atoms with E-state index in [-0.39, 0.29) is 11.7 Å². The van der Waals surface area contributed by atoms with Gasteiger partial charge in [0, 0.05) is 10.1 Å². The van der Waals surface area contributed by atoms with E-state index in [2.05, 4.69) is 5.32 Å². The standard InChI is InChI=1S/C13H17FN2OS/c1-16-13(12(15)17)7-6-11(8-13)18-10-4-2-9(14)3-5-10/h2-5,11,16H,6-8H2,1H3,(H2,15,17). The number of thioether (sulfide) groups is 1. The molecule has 3 N–H and O–H groups in total. The zero-order chi connectivity index (χ0) is 13.2. The van der Waals surface area contributed by atoms with Crippen molar-refractivity contribution in [3.8, 4) is 0 Å². The lowest BCUT2D eigenvalue weighted by Crippen LogP contribution is -2.52. The van der Waals surface area contributed by atoms with E-state index in [9.17, 15) is 9.18 Å². The molecule has 1 aliphatic rings. The van der Waals surface area contributed by atoms with Gasteiger partial charge in [-0.05, 0) is 50.6 Å². The second kappa shape index (κ2) is 5.28. The molecular weight excluding hydrogens is 251 g/mol. The van der Waals surface area contributed by atoms with E-state index in [1.807, 2.05) is 0 Å². The Kier molecular flexibility index (Phi) is 3.92. The quantitative estimate of drug-likeness (QED) is 0.877. The zero-order valence-electron chi connectivity index (χ0n) is 10.3. The molecule has 0 saturated heterocycles. The molecule has 2 rings (SSSR count). The maximum absolute atomic E-state index is 12.8. The van der Waals surface area contributed by atoms with E-state index < -0.39 is 5.54 Å². The molecule has 0 aromatic heterocycles. The lowest BCUT2D eigenvalue weighted by molar-refractivity contribution is -0.124. The van der Waals surface area contributed by atoms with Crippen molar-refractivity contribution in [3.05, 3.63) is 30.1 Å². The third-order valence-corrected chi connectivity index (χ3v) is 4.82. The summed E-state index contributed by atoms with van der Waals surface area (Å²) in [6.07, 6.45) is 2.42. The SMILES string of the molecule is CNC1(C(N)=O)CCC(Sc2ccc(F)cc2)C1. The Hall–Kier alpha value is -1.07. The highest BCUT2D eigenvalue weighted by Crippen LogP contribution is 2.39. The molecule has 1 amide bonds. The fraction of sp³-hybridized carbons (Fsp3) is 0.462. The maximum Gasteiger partial charge on any atom is 0.237 e. The van der Waals surface area contributed by atoms with E-state index >= 15 is 0 Å². The minimum absolute atomic E-state index is 0.229. The van der Waals surface area contributed by atoms with Gasteiger partial charge in [0.2, 0.25) is 5.91 Å². The van der Waals surface area contributed by atoms with Crippen molar-refractivity contribution in [3.63, 3.8) is 0 Å². The predicted octanol–water partition coefficient (Wildman–Crippen LogP) is 1.91. The summed E-state index contributed by atoms with van der Waals surface area (Å²) in [6, 6.07) is 6.45. The summed E-state index contributed by atoms with van der Waals surface area (Å²) in [4.78, 5) is 12.5. The number of hydrogen-bond donors (Lipinski definition) is 2. The third-order valence-electron chi connectivity index (χ3n) is 3.54. The van der Waals surface area contributed by atoms with Crippen LogP contribution in [0.5, 0.6) is 0 Å². The van der Waals surface area contributed by atoms with Crippen LogP contribution in [0, 0.1) is 5.82 Å². The van der Waals surface area contributed by atoms with Crippen LogP contribution < -0.4 is 11.1 Å². The van der Waals surface area contributed by atoms with Crippen LogP contribution in [0.2, 0.25) is 0 Å². The Morgan fingerprint density at radius 1 is 1.50 bits per heavy atom. The molecule has 18 heavy (non-hydrogen) atoms. The van der Waals surface area contributed by atoms with Gasteiger partial charge in [0.25, 0.3) is 0 Å². The molecule has 5 heteroatoms. The highest BCUT2D eigenvalue weighted by molar-refractivity contribution is 8.00. The number of carbonyl (C=O) groups is 1. The number of rotatable bonds is 4. The van der Waals surface area contributed by atoms with Gasteiger partial charge in [-0.3, -0.25) is 4.79 Å². The van der Waals surface area contributed by atoms with Gasteiger partial charge in [-0.15, -0.1) is 11.8 Å². The molecule has 98 valence electrons. The highest BCUT2D eigenvalue weighted by atomic mass is 32.2. The van der Waals surface area contributed by atoms with Gasteiger partial charge in [0.15, 0.2) is 0 Å². The number of nitrogens with one attached hydrogen (secondary N) is 1. The molecule has 0 heterocycles. The Bertz CT molecular complexity index is 437. The number of nitrogens with two attached hydrogens (primary N) is 1. The number of likely N-dealkylation sites (N-methyl/N-ethyl adjacent to an activating group) is 1. The highest BCUT2D eigenvalue weighted by Gasteiger charge is 2.42. The minimum Gasteiger partial charge on any atom is -0.368 e. The number of carbonyl (C=O) groups excluding carboxylic acids is 1. The molecule has 0 radical (unpaired) electrons. The fourth-order valence-corrected chi connectivity index (χ4v) is 3.66. The van der Waals surface area contributed by atoms with E-state index in [1.54, 1.807) is 30.9 Å². The molecule has 2 unspecified atom stereocenters. The first-order valence-electron chi connectivity index (χ1n) is 5.97. The number of primary amides is 1. The molecule has 1 aromatic rings. The monoisotopic (exact) mass is 268 g/mol. The summed E-state index contributed by atoms with van der Waals surface area (Å²) >= 11 is 1.68. The summed E-state index contributed by atoms with van der Waals surface area (Å²) in [7, 11) is 1.77. The van der Waals surface area contributed by atoms with Crippen LogP contribution in [0.3, 0.4) is 0 Å². The Morgan fingerprint density at radius 2 is 2.17 bits per heavy atom. The smallest absolute Gasteiger partial charge is 0.237 e. The van der Waals surface area contributed by atoms with Crippen molar-refractivity contribution in [2.75, 3.05) is 7.05 Å². The molecule has 3 nitrogen and oxygen atoms in total. The van der Waals surface area contributed by atoms with E-state index in [1.165, 1.54) is 12.1 Å². The maximum atomic E-state index is 12.8. The van der Waals surface area contributed by atoms with Crippen LogP contribution in [0.25, 0.3) is 0 Å². The molecule has 0 spiro atoms. The van der Waals surface area contributed by atoms with E-state index in [4.69, 9.17) is 5.73 Å². The van der Waals surface area contributed by atoms with Crippen LogP contribution in [-0.4, -0.2) is 23.7 Å². The minimum atomic E-state index is -0.572. The molecule has 0 bridgehead atoms. The van der Waals surface area contributed by atoms with Crippen molar-refractivity contribution < 1.29 is 9.18 Å². The summed E-state index contributed by atoms with van der Waals surface area (Å²) in [6.45, 7) is 0. The number of halogens is 1. The van der Waals surface area contributed by atoms with Crippen molar-refractivity contribution in [1.29, 1.82) is 0 Å². The Labute approximate surface area is 110 Å². The Balaban J connectivity index is 2.01. The summed E-state index contributed by atoms with van der Waals surface area (Å²) in [5.41, 5.74) is 4.89. The van der Waals surface area contributed by atoms with Gasteiger partial charge in [-0.2, -0.15) is 0 Å². The first kappa shape index (κ1) is 13.4. The average Bonchev–Trinajstić information content (AvgIpc) is 2.77. The largest absolute Gasteiger partial charge is 0.368 e. The van der Waals surface area contributed by atoms with Crippen molar-refractivity contribution >= 4 is 17.7 Å². The average molecular weight is 268 g/mol. The van der Waals surface area contributed by atoms with Crippen LogP contribution in [-0.2, 0) is 4.79 Å². The number of amides is 1. The van der Waals surface area contributed by atoms with Gasteiger partial charge >= 0.3 is 0 Å². The zero-order valence-corrected chi connectivity index (χ0v) is 11.1. The van der Waals surface area contributed by atoms with Crippen LogP contribution in [0.1, 0.15) is 19.3 Å². The molecule has 1 aliphatic carbocycles. The topological polar surface area (TPSA) is 55.1 Å². The fourth-order valence-electron chi connectivity index (χ4n) is 2.38. The van der Waals surface area contributed by atoms with Gasteiger partial charge in [-0.25, -0.2) is 4.39 Å². The van der Waals surface area contributed by atoms with Crippen LogP contribution >= 0.6 is 11.8 Å². The second-order valence-electron chi connectivity index (χ2n) is 4.63. The summed E-state index contributed by atoms with van der Waals surface area (Å²) < 4.78 is 12.8. The molecule has 1 aromatic carbocycles. The van der Waals surface area contributed by atoms with Gasteiger partial charge < -0.3 is 11.1 Å². The summed E-state index contributed by atoms with van der Waals surface area (Å²) in [5.74, 6) is -0.514. The first-order valence-corrected chi connectivity index (χ1v) is 6.85. The molecular formula is C13H17FN2OS.